The molecule has 0 aliphatic carbocycles. The third-order valence-corrected chi connectivity index (χ3v) is 10.7. The number of hydrogen-bond donors (Lipinski definition) is 0. The lowest BCUT2D eigenvalue weighted by molar-refractivity contribution is 0.939. The number of hydrogen-bond acceptors (Lipinski definition) is 6. The molecule has 6 aromatic rings. The average Bonchev–Trinajstić information content (AvgIpc) is 3.17. The van der Waals surface area contributed by atoms with E-state index in [4.69, 9.17) is 29.9 Å². The van der Waals surface area contributed by atoms with Crippen LogP contribution in [0.1, 0.15) is 114 Å². The Kier molecular flexibility index (Phi) is 14.2. The van der Waals surface area contributed by atoms with Crippen LogP contribution in [0.15, 0.2) is 117 Å². The van der Waals surface area contributed by atoms with Crippen LogP contribution in [0.3, 0.4) is 0 Å². The van der Waals surface area contributed by atoms with Crippen LogP contribution < -0.4 is 0 Å². The largest absolute Gasteiger partial charge is 0.252 e. The lowest BCUT2D eigenvalue weighted by Crippen LogP contribution is -2.05. The van der Waals surface area contributed by atoms with Crippen LogP contribution in [-0.2, 0) is 12.8 Å². The quantitative estimate of drug-likeness (QED) is 0.123. The molecule has 0 bridgehead atoms. The summed E-state index contributed by atoms with van der Waals surface area (Å²) in [4.78, 5) is 29.8. The first kappa shape index (κ1) is 44.0. The molecule has 0 aliphatic heterocycles. The second-order valence-corrected chi connectivity index (χ2v) is 15.8. The predicted octanol–water partition coefficient (Wildman–Crippen LogP) is 13.9. The van der Waals surface area contributed by atoms with Gasteiger partial charge in [0.25, 0.3) is 0 Å². The zero-order chi connectivity index (χ0) is 41.7. The van der Waals surface area contributed by atoms with Crippen LogP contribution in [0.4, 0.5) is 22.7 Å². The maximum atomic E-state index is 4.97. The molecular weight excluding hydrogens is 721 g/mol. The summed E-state index contributed by atoms with van der Waals surface area (Å²) >= 11 is 0. The van der Waals surface area contributed by atoms with Gasteiger partial charge in [-0.15, -0.1) is 0 Å². The first-order chi connectivity index (χ1) is 27.6. The van der Waals surface area contributed by atoms with Crippen molar-refractivity contribution in [2.24, 2.45) is 20.0 Å². The fourth-order valence-electron chi connectivity index (χ4n) is 7.65. The Bertz CT molecular complexity index is 2410. The molecular formula is C53H60N6. The smallest absolute Gasteiger partial charge is 0.0849 e. The molecule has 0 radical (unpaired) electrons. The Labute approximate surface area is 353 Å². The van der Waals surface area contributed by atoms with E-state index in [2.05, 4.69) is 116 Å². The molecule has 6 rings (SSSR count). The van der Waals surface area contributed by atoms with Crippen LogP contribution in [-0.4, -0.2) is 32.8 Å². The predicted molar refractivity (Wildman–Crippen MR) is 254 cm³/mol. The molecule has 6 heteroatoms. The number of nitrogens with zero attached hydrogens (tertiary/aromatic N) is 6. The monoisotopic (exact) mass is 780 g/mol. The molecule has 0 amide bonds. The van der Waals surface area contributed by atoms with Crippen molar-refractivity contribution in [2.45, 2.75) is 103 Å². The van der Waals surface area contributed by atoms with E-state index >= 15 is 0 Å². The maximum absolute atomic E-state index is 4.97. The Balaban J connectivity index is 0.00000661. The number of pyridine rings is 2. The third-order valence-electron chi connectivity index (χ3n) is 10.7. The van der Waals surface area contributed by atoms with Gasteiger partial charge in [0.05, 0.1) is 68.4 Å². The molecule has 0 aliphatic rings. The Morgan fingerprint density at radius 1 is 0.390 bits per heavy atom. The topological polar surface area (TPSA) is 75.2 Å². The SMILES string of the molecule is C.CC(=Nc1ccc(CCc2ccc(N=C(C)c3cccc(C(C)=Nc4c(C)cc(C)cc4C)n3)cc2C)c(C)c1)c1cccc(C(C)=Nc2c(C)cc(C)cc2C)n1. The molecule has 0 atom stereocenters. The van der Waals surface area contributed by atoms with Crippen molar-refractivity contribution in [1.82, 2.24) is 9.97 Å². The van der Waals surface area contributed by atoms with Crippen molar-refractivity contribution < 1.29 is 0 Å². The normalized spacial score (nSPS) is 12.5. The molecule has 6 nitrogen and oxygen atoms in total. The molecule has 0 N–H and O–H groups in total. The summed E-state index contributed by atoms with van der Waals surface area (Å²) in [6, 6.07) is 33.8. The standard InChI is InChI=1S/C52H56N6.CH4/c1-31-25-35(5)51(36(6)26-31)55-41(11)49-17-13-15-47(57-49)39(9)53-45-23-21-43(33(3)29-45)19-20-44-22-24-46(30-34(44)4)54-40(10)48-16-14-18-50(58-48)42(12)56-52-37(7)27-32(2)28-38(52)8;/h13-18,21-30H,19-20H2,1-12H3;1H4. The third kappa shape index (κ3) is 10.9. The summed E-state index contributed by atoms with van der Waals surface area (Å²) in [6.07, 6.45) is 1.89. The van der Waals surface area contributed by atoms with Crippen molar-refractivity contribution in [2.75, 3.05) is 0 Å². The van der Waals surface area contributed by atoms with Crippen LogP contribution in [0, 0.1) is 55.4 Å². The highest BCUT2D eigenvalue weighted by molar-refractivity contribution is 6.03. The molecule has 0 fully saturated rings. The number of aliphatic imine (C=N–C) groups is 4. The van der Waals surface area contributed by atoms with Gasteiger partial charge in [0, 0.05) is 0 Å². The average molecular weight is 781 g/mol. The van der Waals surface area contributed by atoms with E-state index in [1.165, 1.54) is 55.6 Å². The molecule has 2 aromatic heterocycles. The van der Waals surface area contributed by atoms with Gasteiger partial charge < -0.3 is 0 Å². The van der Waals surface area contributed by atoms with Gasteiger partial charge in [-0.25, -0.2) is 9.97 Å². The minimum absolute atomic E-state index is 0. The minimum Gasteiger partial charge on any atom is -0.252 e. The maximum Gasteiger partial charge on any atom is 0.0849 e. The second kappa shape index (κ2) is 19.1. The fraction of sp³-hybridized carbons (Fsp3) is 0.283. The summed E-state index contributed by atoms with van der Waals surface area (Å²) in [6.45, 7) is 25.1. The van der Waals surface area contributed by atoms with Crippen molar-refractivity contribution in [3.8, 4) is 0 Å². The van der Waals surface area contributed by atoms with E-state index in [1.807, 2.05) is 64.1 Å². The van der Waals surface area contributed by atoms with Gasteiger partial charge in [0.1, 0.15) is 0 Å². The zero-order valence-electron chi connectivity index (χ0n) is 36.3. The second-order valence-electron chi connectivity index (χ2n) is 15.8. The molecule has 4 aromatic carbocycles. The summed E-state index contributed by atoms with van der Waals surface area (Å²) in [5.41, 5.74) is 23.1. The summed E-state index contributed by atoms with van der Waals surface area (Å²) in [7, 11) is 0. The summed E-state index contributed by atoms with van der Waals surface area (Å²) in [5, 5.41) is 0. The van der Waals surface area contributed by atoms with E-state index in [-0.39, 0.29) is 7.43 Å². The molecule has 302 valence electrons. The fourth-order valence-corrected chi connectivity index (χ4v) is 7.65. The zero-order valence-corrected chi connectivity index (χ0v) is 36.3. The Morgan fingerprint density at radius 3 is 1.00 bits per heavy atom. The highest BCUT2D eigenvalue weighted by Gasteiger charge is 2.11. The van der Waals surface area contributed by atoms with Crippen LogP contribution in [0.5, 0.6) is 0 Å². The molecule has 2 heterocycles. The van der Waals surface area contributed by atoms with Gasteiger partial charge in [-0.05, 0) is 189 Å². The molecule has 0 saturated carbocycles. The van der Waals surface area contributed by atoms with Gasteiger partial charge in [0.15, 0.2) is 0 Å². The number of aromatic nitrogens is 2. The number of aryl methyl sites for hydroxylation is 10. The van der Waals surface area contributed by atoms with Crippen molar-refractivity contribution in [1.29, 1.82) is 0 Å². The van der Waals surface area contributed by atoms with Crippen LogP contribution >= 0.6 is 0 Å². The lowest BCUT2D eigenvalue weighted by Gasteiger charge is -2.11. The molecule has 0 unspecified atom stereocenters. The number of rotatable bonds is 11. The highest BCUT2D eigenvalue weighted by atomic mass is 14.8. The van der Waals surface area contributed by atoms with E-state index in [0.29, 0.717) is 0 Å². The van der Waals surface area contributed by atoms with Gasteiger partial charge in [-0.1, -0.05) is 67.1 Å². The minimum atomic E-state index is 0. The van der Waals surface area contributed by atoms with Gasteiger partial charge >= 0.3 is 0 Å². The Morgan fingerprint density at radius 2 is 0.695 bits per heavy atom. The van der Waals surface area contributed by atoms with Gasteiger partial charge in [0.2, 0.25) is 0 Å². The number of benzene rings is 4. The van der Waals surface area contributed by atoms with E-state index in [0.717, 1.165) is 81.2 Å². The summed E-state index contributed by atoms with van der Waals surface area (Å²) in [5.74, 6) is 0. The van der Waals surface area contributed by atoms with Crippen molar-refractivity contribution >= 4 is 45.6 Å². The van der Waals surface area contributed by atoms with Gasteiger partial charge in [-0.2, -0.15) is 0 Å². The van der Waals surface area contributed by atoms with Crippen molar-refractivity contribution in [3.05, 3.63) is 175 Å². The molecule has 0 spiro atoms. The van der Waals surface area contributed by atoms with Gasteiger partial charge in [-0.3, -0.25) is 20.0 Å². The summed E-state index contributed by atoms with van der Waals surface area (Å²) < 4.78 is 0. The molecule has 0 saturated heterocycles. The lowest BCUT2D eigenvalue weighted by atomic mass is 9.97. The van der Waals surface area contributed by atoms with Crippen LogP contribution in [0.25, 0.3) is 0 Å². The molecule has 59 heavy (non-hydrogen) atoms. The first-order valence-corrected chi connectivity index (χ1v) is 20.2. The first-order valence-electron chi connectivity index (χ1n) is 20.2. The van der Waals surface area contributed by atoms with Crippen molar-refractivity contribution in [3.63, 3.8) is 0 Å². The Hall–Kier alpha value is -6.14. The highest BCUT2D eigenvalue weighted by Crippen LogP contribution is 2.28. The van der Waals surface area contributed by atoms with E-state index < -0.39 is 0 Å². The van der Waals surface area contributed by atoms with Crippen LogP contribution in [0.2, 0.25) is 0 Å². The van der Waals surface area contributed by atoms with E-state index in [9.17, 15) is 0 Å². The van der Waals surface area contributed by atoms with E-state index in [1.54, 1.807) is 0 Å².